The Morgan fingerprint density at radius 2 is 1.16 bits per heavy atom. The Labute approximate surface area is 158 Å². The summed E-state index contributed by atoms with van der Waals surface area (Å²) in [6, 6.07) is 0. The summed E-state index contributed by atoms with van der Waals surface area (Å²) in [5.74, 6) is 3.15. The summed E-state index contributed by atoms with van der Waals surface area (Å²) in [7, 11) is 0. The molecule has 148 valence electrons. The standard InChI is InChI=1S/C24H46O/c1-3-5-7-8-10-20-25-24-18-16-23(17-19-24)22-14-12-21(13-15-22)11-9-6-4-2/h21-24H,3-20H2,1-2H3/t21?,22?,23-,24-. The van der Waals surface area contributed by atoms with Crippen LogP contribution in [0.4, 0.5) is 0 Å². The van der Waals surface area contributed by atoms with E-state index in [0.29, 0.717) is 6.10 Å². The van der Waals surface area contributed by atoms with Gasteiger partial charge in [0.25, 0.3) is 0 Å². The molecule has 0 aromatic rings. The van der Waals surface area contributed by atoms with Crippen molar-refractivity contribution in [2.75, 3.05) is 6.61 Å². The molecule has 0 saturated heterocycles. The van der Waals surface area contributed by atoms with Gasteiger partial charge < -0.3 is 4.74 Å². The van der Waals surface area contributed by atoms with Gasteiger partial charge in [-0.3, -0.25) is 0 Å². The molecule has 0 aromatic carbocycles. The molecule has 0 heterocycles. The van der Waals surface area contributed by atoms with Crippen molar-refractivity contribution in [2.45, 2.75) is 129 Å². The van der Waals surface area contributed by atoms with E-state index < -0.39 is 0 Å². The van der Waals surface area contributed by atoms with Crippen LogP contribution in [-0.4, -0.2) is 12.7 Å². The predicted molar refractivity (Wildman–Crippen MR) is 110 cm³/mol. The highest BCUT2D eigenvalue weighted by Gasteiger charge is 2.30. The smallest absolute Gasteiger partial charge is 0.0575 e. The van der Waals surface area contributed by atoms with Gasteiger partial charge in [0.15, 0.2) is 0 Å². The Bertz CT molecular complexity index is 297. The second-order valence-corrected chi connectivity index (χ2v) is 9.10. The number of ether oxygens (including phenoxy) is 1. The maximum Gasteiger partial charge on any atom is 0.0575 e. The summed E-state index contributed by atoms with van der Waals surface area (Å²) >= 11 is 0. The Kier molecular flexibility index (Phi) is 11.2. The SMILES string of the molecule is CCCCCCCO[C@H]1CC[C@H](C2CCC(CCCCC)CC2)CC1. The van der Waals surface area contributed by atoms with Crippen LogP contribution < -0.4 is 0 Å². The fourth-order valence-electron chi connectivity index (χ4n) is 5.31. The van der Waals surface area contributed by atoms with Crippen molar-refractivity contribution in [3.8, 4) is 0 Å². The summed E-state index contributed by atoms with van der Waals surface area (Å²) in [4.78, 5) is 0. The Morgan fingerprint density at radius 3 is 1.80 bits per heavy atom. The highest BCUT2D eigenvalue weighted by Crippen LogP contribution is 2.41. The number of hydrogen-bond acceptors (Lipinski definition) is 1. The molecule has 2 aliphatic rings. The number of unbranched alkanes of at least 4 members (excludes halogenated alkanes) is 6. The molecule has 0 unspecified atom stereocenters. The summed E-state index contributed by atoms with van der Waals surface area (Å²) in [5, 5.41) is 0. The Hall–Kier alpha value is -0.0400. The van der Waals surface area contributed by atoms with Crippen molar-refractivity contribution in [3.63, 3.8) is 0 Å². The van der Waals surface area contributed by atoms with Crippen LogP contribution >= 0.6 is 0 Å². The molecular formula is C24H46O. The van der Waals surface area contributed by atoms with E-state index in [1.807, 2.05) is 0 Å². The largest absolute Gasteiger partial charge is 0.378 e. The Morgan fingerprint density at radius 1 is 0.600 bits per heavy atom. The predicted octanol–water partition coefficient (Wildman–Crippen LogP) is 7.92. The van der Waals surface area contributed by atoms with Gasteiger partial charge in [-0.05, 0) is 62.7 Å². The highest BCUT2D eigenvalue weighted by molar-refractivity contribution is 4.82. The molecule has 0 aliphatic heterocycles. The number of rotatable bonds is 12. The maximum atomic E-state index is 6.17. The monoisotopic (exact) mass is 350 g/mol. The quantitative estimate of drug-likeness (QED) is 0.325. The van der Waals surface area contributed by atoms with E-state index >= 15 is 0 Å². The molecule has 0 N–H and O–H groups in total. The lowest BCUT2D eigenvalue weighted by molar-refractivity contribution is 0.00527. The van der Waals surface area contributed by atoms with Gasteiger partial charge in [0.05, 0.1) is 6.10 Å². The third-order valence-electron chi connectivity index (χ3n) is 7.09. The average molecular weight is 351 g/mol. The van der Waals surface area contributed by atoms with Gasteiger partial charge in [0.1, 0.15) is 0 Å². The van der Waals surface area contributed by atoms with E-state index in [9.17, 15) is 0 Å². The molecule has 1 nitrogen and oxygen atoms in total. The first-order valence-corrected chi connectivity index (χ1v) is 11.9. The molecule has 2 aliphatic carbocycles. The molecule has 0 atom stereocenters. The minimum atomic E-state index is 0.591. The Balaban J connectivity index is 1.51. The zero-order valence-corrected chi connectivity index (χ0v) is 17.4. The van der Waals surface area contributed by atoms with Crippen molar-refractivity contribution in [1.82, 2.24) is 0 Å². The van der Waals surface area contributed by atoms with E-state index in [2.05, 4.69) is 13.8 Å². The van der Waals surface area contributed by atoms with E-state index in [-0.39, 0.29) is 0 Å². The normalized spacial score (nSPS) is 30.5. The van der Waals surface area contributed by atoms with Crippen molar-refractivity contribution < 1.29 is 4.74 Å². The topological polar surface area (TPSA) is 9.23 Å². The lowest BCUT2D eigenvalue weighted by Gasteiger charge is -2.38. The second-order valence-electron chi connectivity index (χ2n) is 9.10. The van der Waals surface area contributed by atoms with Crippen molar-refractivity contribution in [1.29, 1.82) is 0 Å². The van der Waals surface area contributed by atoms with E-state index in [0.717, 1.165) is 24.4 Å². The van der Waals surface area contributed by atoms with Crippen LogP contribution in [0.25, 0.3) is 0 Å². The van der Waals surface area contributed by atoms with Gasteiger partial charge in [0.2, 0.25) is 0 Å². The molecule has 0 aromatic heterocycles. The van der Waals surface area contributed by atoms with E-state index in [4.69, 9.17) is 4.74 Å². The van der Waals surface area contributed by atoms with Crippen LogP contribution in [0.15, 0.2) is 0 Å². The van der Waals surface area contributed by atoms with Crippen molar-refractivity contribution >= 4 is 0 Å². The molecule has 1 heteroatoms. The van der Waals surface area contributed by atoms with Gasteiger partial charge in [-0.2, -0.15) is 0 Å². The minimum Gasteiger partial charge on any atom is -0.378 e. The second kappa shape index (κ2) is 13.2. The van der Waals surface area contributed by atoms with Crippen molar-refractivity contribution in [2.24, 2.45) is 17.8 Å². The van der Waals surface area contributed by atoms with Crippen LogP contribution in [0.3, 0.4) is 0 Å². The minimum absolute atomic E-state index is 0.591. The van der Waals surface area contributed by atoms with Crippen LogP contribution in [0.5, 0.6) is 0 Å². The molecular weight excluding hydrogens is 304 g/mol. The molecule has 2 saturated carbocycles. The fraction of sp³-hybridized carbons (Fsp3) is 1.00. The first-order valence-electron chi connectivity index (χ1n) is 11.9. The zero-order chi connectivity index (χ0) is 17.7. The fourth-order valence-corrected chi connectivity index (χ4v) is 5.31. The van der Waals surface area contributed by atoms with Gasteiger partial charge in [0, 0.05) is 6.61 Å². The molecule has 0 spiro atoms. The van der Waals surface area contributed by atoms with Crippen LogP contribution in [0.1, 0.15) is 123 Å². The molecule has 2 rings (SSSR count). The molecule has 0 radical (unpaired) electrons. The first kappa shape index (κ1) is 21.3. The van der Waals surface area contributed by atoms with E-state index in [1.165, 1.54) is 109 Å². The summed E-state index contributed by atoms with van der Waals surface area (Å²) in [6.45, 7) is 5.62. The van der Waals surface area contributed by atoms with Crippen LogP contribution in [0, 0.1) is 17.8 Å². The third kappa shape index (κ3) is 8.46. The van der Waals surface area contributed by atoms with Gasteiger partial charge >= 0.3 is 0 Å². The average Bonchev–Trinajstić information content (AvgIpc) is 2.66. The third-order valence-corrected chi connectivity index (χ3v) is 7.09. The van der Waals surface area contributed by atoms with Gasteiger partial charge in [-0.15, -0.1) is 0 Å². The van der Waals surface area contributed by atoms with E-state index in [1.54, 1.807) is 0 Å². The number of hydrogen-bond donors (Lipinski definition) is 0. The molecule has 0 amide bonds. The van der Waals surface area contributed by atoms with Crippen LogP contribution in [0.2, 0.25) is 0 Å². The lowest BCUT2D eigenvalue weighted by atomic mass is 9.70. The van der Waals surface area contributed by atoms with Gasteiger partial charge in [-0.25, -0.2) is 0 Å². The summed E-state index contributed by atoms with van der Waals surface area (Å²) in [6.07, 6.45) is 24.9. The highest BCUT2D eigenvalue weighted by atomic mass is 16.5. The first-order chi connectivity index (χ1) is 12.3. The lowest BCUT2D eigenvalue weighted by Crippen LogP contribution is -2.28. The zero-order valence-electron chi connectivity index (χ0n) is 17.4. The summed E-state index contributed by atoms with van der Waals surface area (Å²) < 4.78 is 6.17. The summed E-state index contributed by atoms with van der Waals surface area (Å²) in [5.41, 5.74) is 0. The molecule has 2 fully saturated rings. The molecule has 0 bridgehead atoms. The molecule has 25 heavy (non-hydrogen) atoms. The maximum absolute atomic E-state index is 6.17. The van der Waals surface area contributed by atoms with Crippen molar-refractivity contribution in [3.05, 3.63) is 0 Å². The van der Waals surface area contributed by atoms with Crippen LogP contribution in [-0.2, 0) is 4.74 Å². The van der Waals surface area contributed by atoms with Gasteiger partial charge in [-0.1, -0.05) is 78.1 Å².